The summed E-state index contributed by atoms with van der Waals surface area (Å²) in [5, 5.41) is 0. The van der Waals surface area contributed by atoms with Crippen molar-refractivity contribution in [3.05, 3.63) is 0 Å². The number of hydrogen-bond acceptors (Lipinski definition) is 2. The van der Waals surface area contributed by atoms with Gasteiger partial charge in [-0.05, 0) is 31.0 Å². The van der Waals surface area contributed by atoms with E-state index in [0.717, 1.165) is 6.61 Å². The standard InChI is InChI=1S/C11H22OS2.K.H/c1-3-5-6-8-10(7-4-2)9-12-11(13)14;;/h10H,3-9H2,1-2H3,(H,13,14);;/q;+1;-1. The van der Waals surface area contributed by atoms with Crippen LogP contribution in [0.5, 0.6) is 0 Å². The fraction of sp³-hybridized carbons (Fsp3) is 0.909. The van der Waals surface area contributed by atoms with Gasteiger partial charge in [0.25, 0.3) is 0 Å². The van der Waals surface area contributed by atoms with Gasteiger partial charge in [0.05, 0.1) is 6.61 Å². The van der Waals surface area contributed by atoms with E-state index in [1.807, 2.05) is 0 Å². The summed E-state index contributed by atoms with van der Waals surface area (Å²) < 4.78 is 5.66. The summed E-state index contributed by atoms with van der Waals surface area (Å²) in [4.78, 5) is 0. The molecule has 0 saturated heterocycles. The molecule has 0 aromatic rings. The van der Waals surface area contributed by atoms with Crippen molar-refractivity contribution in [3.8, 4) is 0 Å². The summed E-state index contributed by atoms with van der Waals surface area (Å²) >= 11 is 8.73. The van der Waals surface area contributed by atoms with Crippen molar-refractivity contribution in [2.75, 3.05) is 6.61 Å². The Balaban J connectivity index is -0.000000845. The monoisotopic (exact) mass is 274 g/mol. The summed E-state index contributed by atoms with van der Waals surface area (Å²) in [7, 11) is 0. The Kier molecular flexibility index (Phi) is 17.9. The molecular weight excluding hydrogens is 251 g/mol. The van der Waals surface area contributed by atoms with E-state index in [4.69, 9.17) is 17.0 Å². The molecule has 0 bridgehead atoms. The first-order valence-electron chi connectivity index (χ1n) is 5.56. The van der Waals surface area contributed by atoms with Crippen molar-refractivity contribution < 1.29 is 57.5 Å². The molecule has 0 rings (SSSR count). The molecule has 0 aromatic carbocycles. The van der Waals surface area contributed by atoms with E-state index < -0.39 is 0 Å². The van der Waals surface area contributed by atoms with Gasteiger partial charge in [-0.1, -0.05) is 52.2 Å². The number of rotatable bonds is 8. The van der Waals surface area contributed by atoms with Crippen LogP contribution in [0.15, 0.2) is 0 Å². The Morgan fingerprint density at radius 1 is 1.27 bits per heavy atom. The molecule has 0 heterocycles. The minimum absolute atomic E-state index is 0. The quantitative estimate of drug-likeness (QED) is 0.309. The number of hydrogen-bond donors (Lipinski definition) is 1. The van der Waals surface area contributed by atoms with Crippen LogP contribution < -0.4 is 51.4 Å². The molecule has 0 N–H and O–H groups in total. The van der Waals surface area contributed by atoms with Gasteiger partial charge >= 0.3 is 51.4 Å². The van der Waals surface area contributed by atoms with E-state index in [9.17, 15) is 0 Å². The van der Waals surface area contributed by atoms with E-state index in [1.54, 1.807) is 0 Å². The van der Waals surface area contributed by atoms with Crippen LogP contribution in [0, 0.1) is 5.92 Å². The maximum atomic E-state index is 5.28. The smallest absolute Gasteiger partial charge is 1.00 e. The van der Waals surface area contributed by atoms with Crippen molar-refractivity contribution in [2.45, 2.75) is 52.4 Å². The number of thiol groups is 1. The van der Waals surface area contributed by atoms with Crippen molar-refractivity contribution in [1.82, 2.24) is 0 Å². The van der Waals surface area contributed by atoms with Gasteiger partial charge in [-0.15, -0.1) is 0 Å². The number of ether oxygens (including phenoxy) is 1. The van der Waals surface area contributed by atoms with Crippen molar-refractivity contribution in [3.63, 3.8) is 0 Å². The number of thiocarbonyl (C=S) groups is 1. The molecule has 0 spiro atoms. The molecule has 0 saturated carbocycles. The van der Waals surface area contributed by atoms with Crippen LogP contribution in [0.1, 0.15) is 53.8 Å². The second kappa shape index (κ2) is 13.9. The van der Waals surface area contributed by atoms with Crippen LogP contribution in [0.2, 0.25) is 0 Å². The molecule has 0 aliphatic heterocycles. The largest absolute Gasteiger partial charge is 1.00 e. The topological polar surface area (TPSA) is 9.23 Å². The molecule has 86 valence electrons. The molecule has 0 aromatic heterocycles. The molecule has 0 aliphatic rings. The Labute approximate surface area is 149 Å². The third kappa shape index (κ3) is 13.8. The Morgan fingerprint density at radius 3 is 2.40 bits per heavy atom. The summed E-state index contributed by atoms with van der Waals surface area (Å²) in [6.07, 6.45) is 7.64. The third-order valence-electron chi connectivity index (χ3n) is 2.36. The molecular formula is C11H23KOS2. The van der Waals surface area contributed by atoms with Crippen LogP contribution in [0.4, 0.5) is 0 Å². The Morgan fingerprint density at radius 2 is 1.93 bits per heavy atom. The summed E-state index contributed by atoms with van der Waals surface area (Å²) in [5.74, 6) is 0.664. The van der Waals surface area contributed by atoms with Gasteiger partial charge in [0, 0.05) is 0 Å². The first-order valence-corrected chi connectivity index (χ1v) is 6.41. The first-order chi connectivity index (χ1) is 6.70. The molecule has 0 amide bonds. The van der Waals surface area contributed by atoms with Crippen LogP contribution >= 0.6 is 24.8 Å². The molecule has 0 radical (unpaired) electrons. The molecule has 0 fully saturated rings. The van der Waals surface area contributed by atoms with Gasteiger partial charge in [-0.2, -0.15) is 0 Å². The first kappa shape index (κ1) is 19.2. The van der Waals surface area contributed by atoms with Gasteiger partial charge in [-0.25, -0.2) is 0 Å². The van der Waals surface area contributed by atoms with Crippen LogP contribution in [-0.4, -0.2) is 11.0 Å². The zero-order chi connectivity index (χ0) is 10.8. The molecule has 4 heteroatoms. The molecule has 15 heavy (non-hydrogen) atoms. The SMILES string of the molecule is CCCCCC(CCC)COC(=S)S.[H-].[K+]. The van der Waals surface area contributed by atoms with Gasteiger partial charge in [0.15, 0.2) is 0 Å². The molecule has 1 atom stereocenters. The van der Waals surface area contributed by atoms with Gasteiger partial charge in [-0.3, -0.25) is 0 Å². The molecule has 0 aliphatic carbocycles. The van der Waals surface area contributed by atoms with Crippen molar-refractivity contribution in [2.24, 2.45) is 5.92 Å². The predicted molar refractivity (Wildman–Crippen MR) is 71.2 cm³/mol. The van der Waals surface area contributed by atoms with Gasteiger partial charge < -0.3 is 6.16 Å². The maximum absolute atomic E-state index is 5.28. The molecule has 1 unspecified atom stereocenters. The summed E-state index contributed by atoms with van der Waals surface area (Å²) in [6, 6.07) is 0. The van der Waals surface area contributed by atoms with E-state index in [1.165, 1.54) is 38.5 Å². The predicted octanol–water partition coefficient (Wildman–Crippen LogP) is 1.33. The third-order valence-corrected chi connectivity index (χ3v) is 2.60. The van der Waals surface area contributed by atoms with E-state index >= 15 is 0 Å². The van der Waals surface area contributed by atoms with E-state index in [2.05, 4.69) is 26.5 Å². The Hall–Kier alpha value is 1.88. The van der Waals surface area contributed by atoms with E-state index in [-0.39, 0.29) is 52.8 Å². The van der Waals surface area contributed by atoms with Crippen LogP contribution in [0.25, 0.3) is 0 Å². The zero-order valence-electron chi connectivity index (χ0n) is 11.3. The fourth-order valence-corrected chi connectivity index (χ4v) is 1.73. The summed E-state index contributed by atoms with van der Waals surface area (Å²) in [6.45, 7) is 5.19. The average Bonchev–Trinajstić information content (AvgIpc) is 2.14. The minimum Gasteiger partial charge on any atom is -1.00 e. The second-order valence-electron chi connectivity index (χ2n) is 3.73. The fourth-order valence-electron chi connectivity index (χ4n) is 1.59. The Bertz CT molecular complexity index is 159. The van der Waals surface area contributed by atoms with E-state index in [0.29, 0.717) is 10.3 Å². The minimum atomic E-state index is 0. The van der Waals surface area contributed by atoms with Gasteiger partial charge in [0.1, 0.15) is 0 Å². The zero-order valence-corrected chi connectivity index (χ0v) is 15.1. The van der Waals surface area contributed by atoms with Crippen molar-refractivity contribution >= 4 is 29.2 Å². The number of unbranched alkanes of at least 4 members (excludes halogenated alkanes) is 2. The maximum Gasteiger partial charge on any atom is 1.00 e. The normalized spacial score (nSPS) is 11.7. The van der Waals surface area contributed by atoms with Gasteiger partial charge in [0.2, 0.25) is 4.38 Å². The molecule has 1 nitrogen and oxygen atoms in total. The second-order valence-corrected chi connectivity index (χ2v) is 4.81. The van der Waals surface area contributed by atoms with Crippen LogP contribution in [-0.2, 0) is 4.74 Å². The average molecular weight is 275 g/mol. The van der Waals surface area contributed by atoms with Crippen LogP contribution in [0.3, 0.4) is 0 Å². The van der Waals surface area contributed by atoms with Crippen molar-refractivity contribution in [1.29, 1.82) is 0 Å². The summed E-state index contributed by atoms with van der Waals surface area (Å²) in [5.41, 5.74) is 0.